The standard InChI is InChI=1S/C16H22N4OS2/c1-4-10-5-6-12-11(7-10)8-13(23-12)15-18-19-16(20(15)3)22-9(2)14(17)21/h8-10H,4-7H2,1-3H3,(H2,17,21)/t9-,10-/m0/s1. The number of nitrogens with zero attached hydrogens (tertiary/aromatic N) is 3. The van der Waals surface area contributed by atoms with Crippen molar-refractivity contribution in [2.45, 2.75) is 49.9 Å². The largest absolute Gasteiger partial charge is 0.369 e. The summed E-state index contributed by atoms with van der Waals surface area (Å²) in [4.78, 5) is 13.9. The maximum absolute atomic E-state index is 11.2. The number of thioether (sulfide) groups is 1. The minimum atomic E-state index is -0.336. The highest BCUT2D eigenvalue weighted by atomic mass is 32.2. The van der Waals surface area contributed by atoms with Crippen LogP contribution in [0.15, 0.2) is 11.2 Å². The molecule has 0 bridgehead atoms. The summed E-state index contributed by atoms with van der Waals surface area (Å²) in [5.41, 5.74) is 6.81. The number of carbonyl (C=O) groups excluding carboxylic acids is 1. The van der Waals surface area contributed by atoms with Crippen LogP contribution >= 0.6 is 23.1 Å². The van der Waals surface area contributed by atoms with Gasteiger partial charge in [-0.05, 0) is 43.7 Å². The highest BCUT2D eigenvalue weighted by Crippen LogP contribution is 2.38. The Balaban J connectivity index is 1.85. The van der Waals surface area contributed by atoms with Gasteiger partial charge in [0.15, 0.2) is 11.0 Å². The fourth-order valence-corrected chi connectivity index (χ4v) is 4.90. The zero-order valence-electron chi connectivity index (χ0n) is 13.7. The number of nitrogens with two attached hydrogens (primary N) is 1. The van der Waals surface area contributed by atoms with Gasteiger partial charge in [0.05, 0.1) is 10.1 Å². The molecule has 2 N–H and O–H groups in total. The number of aryl methyl sites for hydroxylation is 1. The van der Waals surface area contributed by atoms with E-state index in [0.29, 0.717) is 0 Å². The Morgan fingerprint density at radius 3 is 3.04 bits per heavy atom. The molecule has 2 aromatic rings. The molecule has 0 spiro atoms. The fraction of sp³-hybridized carbons (Fsp3) is 0.562. The van der Waals surface area contributed by atoms with E-state index in [0.717, 1.165) is 16.9 Å². The summed E-state index contributed by atoms with van der Waals surface area (Å²) in [5, 5.41) is 8.97. The van der Waals surface area contributed by atoms with Gasteiger partial charge < -0.3 is 10.3 Å². The maximum atomic E-state index is 11.2. The molecule has 0 radical (unpaired) electrons. The highest BCUT2D eigenvalue weighted by molar-refractivity contribution is 8.00. The van der Waals surface area contributed by atoms with Gasteiger partial charge in [-0.2, -0.15) is 0 Å². The van der Waals surface area contributed by atoms with Crippen LogP contribution in [-0.4, -0.2) is 25.9 Å². The predicted molar refractivity (Wildman–Crippen MR) is 94.6 cm³/mol. The molecule has 2 heterocycles. The Hall–Kier alpha value is -1.34. The summed E-state index contributed by atoms with van der Waals surface area (Å²) in [5.74, 6) is 1.35. The zero-order valence-corrected chi connectivity index (χ0v) is 15.3. The lowest BCUT2D eigenvalue weighted by atomic mass is 9.87. The molecule has 1 aliphatic carbocycles. The fourth-order valence-electron chi connectivity index (χ4n) is 2.91. The number of fused-ring (bicyclic) bond motifs is 1. The number of hydrogen-bond acceptors (Lipinski definition) is 5. The lowest BCUT2D eigenvalue weighted by molar-refractivity contribution is -0.117. The molecular weight excluding hydrogens is 328 g/mol. The Bertz CT molecular complexity index is 722. The molecule has 124 valence electrons. The monoisotopic (exact) mass is 350 g/mol. The van der Waals surface area contributed by atoms with Crippen molar-refractivity contribution < 1.29 is 4.79 Å². The number of thiophene rings is 1. The number of amides is 1. The first-order chi connectivity index (χ1) is 11.0. The van der Waals surface area contributed by atoms with Crippen molar-refractivity contribution in [3.8, 4) is 10.7 Å². The normalized spacial score (nSPS) is 18.7. The summed E-state index contributed by atoms with van der Waals surface area (Å²) < 4.78 is 1.96. The van der Waals surface area contributed by atoms with Gasteiger partial charge in [-0.15, -0.1) is 21.5 Å². The van der Waals surface area contributed by atoms with Crippen molar-refractivity contribution >= 4 is 29.0 Å². The summed E-state index contributed by atoms with van der Waals surface area (Å²) in [6.07, 6.45) is 4.90. The molecule has 5 nitrogen and oxygen atoms in total. The first kappa shape index (κ1) is 16.5. The van der Waals surface area contributed by atoms with Gasteiger partial charge in [-0.1, -0.05) is 25.1 Å². The molecular formula is C16H22N4OS2. The van der Waals surface area contributed by atoms with Crippen molar-refractivity contribution in [3.63, 3.8) is 0 Å². The van der Waals surface area contributed by atoms with Gasteiger partial charge in [-0.25, -0.2) is 0 Å². The van der Waals surface area contributed by atoms with E-state index in [4.69, 9.17) is 5.73 Å². The van der Waals surface area contributed by atoms with Crippen LogP contribution < -0.4 is 5.73 Å². The van der Waals surface area contributed by atoms with Crippen LogP contribution in [0.25, 0.3) is 10.7 Å². The average molecular weight is 351 g/mol. The molecule has 0 fully saturated rings. The van der Waals surface area contributed by atoms with Crippen molar-refractivity contribution in [2.75, 3.05) is 0 Å². The Labute approximate surface area is 144 Å². The van der Waals surface area contributed by atoms with Crippen LogP contribution in [0.4, 0.5) is 0 Å². The van der Waals surface area contributed by atoms with Crippen LogP contribution in [0.5, 0.6) is 0 Å². The van der Waals surface area contributed by atoms with Gasteiger partial charge in [0.1, 0.15) is 0 Å². The summed E-state index contributed by atoms with van der Waals surface area (Å²) >= 11 is 3.18. The smallest absolute Gasteiger partial charge is 0.230 e. The third-order valence-electron chi connectivity index (χ3n) is 4.50. The molecule has 7 heteroatoms. The molecule has 23 heavy (non-hydrogen) atoms. The van der Waals surface area contributed by atoms with Crippen LogP contribution in [0.3, 0.4) is 0 Å². The lowest BCUT2D eigenvalue weighted by Gasteiger charge is -2.19. The number of primary amides is 1. The minimum absolute atomic E-state index is 0.312. The number of carbonyl (C=O) groups is 1. The van der Waals surface area contributed by atoms with Crippen LogP contribution in [0, 0.1) is 5.92 Å². The van der Waals surface area contributed by atoms with Crippen molar-refractivity contribution in [2.24, 2.45) is 18.7 Å². The molecule has 2 aromatic heterocycles. The van der Waals surface area contributed by atoms with Gasteiger partial charge in [0.25, 0.3) is 0 Å². The molecule has 1 aliphatic rings. The number of hydrogen-bond donors (Lipinski definition) is 1. The average Bonchev–Trinajstić information content (AvgIpc) is 3.10. The molecule has 1 amide bonds. The van der Waals surface area contributed by atoms with E-state index in [1.165, 1.54) is 52.8 Å². The Morgan fingerprint density at radius 1 is 1.57 bits per heavy atom. The summed E-state index contributed by atoms with van der Waals surface area (Å²) in [6, 6.07) is 2.28. The van der Waals surface area contributed by atoms with Crippen LogP contribution in [0.1, 0.15) is 37.1 Å². The van der Waals surface area contributed by atoms with E-state index in [1.807, 2.05) is 23.0 Å². The first-order valence-electron chi connectivity index (χ1n) is 7.96. The van der Waals surface area contributed by atoms with Crippen LogP contribution in [0.2, 0.25) is 0 Å². The van der Waals surface area contributed by atoms with Gasteiger partial charge in [0, 0.05) is 11.9 Å². The molecule has 0 saturated carbocycles. The van der Waals surface area contributed by atoms with E-state index in [9.17, 15) is 4.79 Å². The molecule has 0 unspecified atom stereocenters. The lowest BCUT2D eigenvalue weighted by Crippen LogP contribution is -2.22. The molecule has 0 saturated heterocycles. The molecule has 0 aromatic carbocycles. The van der Waals surface area contributed by atoms with E-state index in [1.54, 1.807) is 6.92 Å². The molecule has 0 aliphatic heterocycles. The second-order valence-corrected chi connectivity index (χ2v) is 8.55. The number of rotatable bonds is 5. The predicted octanol–water partition coefficient (Wildman–Crippen LogP) is 3.02. The highest BCUT2D eigenvalue weighted by Gasteiger charge is 2.23. The maximum Gasteiger partial charge on any atom is 0.230 e. The molecule has 2 atom stereocenters. The third kappa shape index (κ3) is 3.30. The summed E-state index contributed by atoms with van der Waals surface area (Å²) in [7, 11) is 1.94. The topological polar surface area (TPSA) is 73.8 Å². The van der Waals surface area contributed by atoms with Gasteiger partial charge in [-0.3, -0.25) is 4.79 Å². The Kier molecular flexibility index (Phi) is 4.77. The van der Waals surface area contributed by atoms with E-state index >= 15 is 0 Å². The van der Waals surface area contributed by atoms with Crippen LogP contribution in [-0.2, 0) is 24.7 Å². The van der Waals surface area contributed by atoms with Crippen molar-refractivity contribution in [1.82, 2.24) is 14.8 Å². The minimum Gasteiger partial charge on any atom is -0.369 e. The van der Waals surface area contributed by atoms with E-state index in [-0.39, 0.29) is 11.2 Å². The van der Waals surface area contributed by atoms with E-state index < -0.39 is 0 Å². The van der Waals surface area contributed by atoms with Gasteiger partial charge >= 0.3 is 0 Å². The van der Waals surface area contributed by atoms with Crippen molar-refractivity contribution in [3.05, 3.63) is 16.5 Å². The molecule has 3 rings (SSSR count). The summed E-state index contributed by atoms with van der Waals surface area (Å²) in [6.45, 7) is 4.06. The van der Waals surface area contributed by atoms with E-state index in [2.05, 4.69) is 23.2 Å². The number of aromatic nitrogens is 3. The second-order valence-electron chi connectivity index (χ2n) is 6.10. The first-order valence-corrected chi connectivity index (χ1v) is 9.66. The Morgan fingerprint density at radius 2 is 2.35 bits per heavy atom. The zero-order chi connectivity index (χ0) is 16.6. The third-order valence-corrected chi connectivity index (χ3v) is 6.89. The second kappa shape index (κ2) is 6.65. The van der Waals surface area contributed by atoms with Gasteiger partial charge in [0.2, 0.25) is 5.91 Å². The van der Waals surface area contributed by atoms with Crippen molar-refractivity contribution in [1.29, 1.82) is 0 Å². The SMILES string of the molecule is CC[C@H]1CCc2sc(-c3nnc(S[C@@H](C)C(N)=O)n3C)cc2C1. The quantitative estimate of drug-likeness (QED) is 0.841.